The minimum atomic E-state index is -0.799. The van der Waals surface area contributed by atoms with Crippen molar-refractivity contribution in [3.05, 3.63) is 72.9 Å². The summed E-state index contributed by atoms with van der Waals surface area (Å²) in [6, 6.07) is 0. The number of allylic oxidation sites excluding steroid dienone is 12. The van der Waals surface area contributed by atoms with Crippen molar-refractivity contribution in [2.24, 2.45) is 0 Å². The molecule has 0 radical (unpaired) electrons. The van der Waals surface area contributed by atoms with Crippen LogP contribution in [0.5, 0.6) is 0 Å². The van der Waals surface area contributed by atoms with E-state index in [1.165, 1.54) is 57.8 Å². The molecular formula is C46H76O6. The number of carbonyl (C=O) groups excluding carboxylic acids is 3. The first-order valence-electron chi connectivity index (χ1n) is 21.0. The zero-order valence-corrected chi connectivity index (χ0v) is 33.5. The van der Waals surface area contributed by atoms with Crippen LogP contribution < -0.4 is 0 Å². The van der Waals surface area contributed by atoms with E-state index in [9.17, 15) is 14.4 Å². The molecule has 0 fully saturated rings. The lowest BCUT2D eigenvalue weighted by atomic mass is 10.0. The Bertz CT molecular complexity index is 1020. The number of hydrogen-bond donors (Lipinski definition) is 0. The highest BCUT2D eigenvalue weighted by Gasteiger charge is 2.19. The van der Waals surface area contributed by atoms with Crippen LogP contribution in [0, 0.1) is 0 Å². The van der Waals surface area contributed by atoms with Crippen molar-refractivity contribution in [2.45, 2.75) is 187 Å². The quantitative estimate of drug-likeness (QED) is 0.0210. The van der Waals surface area contributed by atoms with Crippen LogP contribution in [-0.4, -0.2) is 37.2 Å². The Balaban J connectivity index is 4.48. The van der Waals surface area contributed by atoms with Gasteiger partial charge in [0.25, 0.3) is 0 Å². The van der Waals surface area contributed by atoms with Gasteiger partial charge in [-0.15, -0.1) is 0 Å². The van der Waals surface area contributed by atoms with E-state index < -0.39 is 6.10 Å². The van der Waals surface area contributed by atoms with Gasteiger partial charge in [0.1, 0.15) is 13.2 Å². The first kappa shape index (κ1) is 48.9. The standard InChI is InChI=1S/C46H76O6/c1-4-7-10-13-16-19-21-23-25-27-30-33-36-39-45(48)51-42-43(41-50-44(47)38-35-32-29-26-18-15-12-9-6-3)52-46(49)40-37-34-31-28-24-22-20-17-14-11-8-5-2/h7,9-10,12-13,16,18-19,21,23,25-26,43H,4-6,8,11,14-15,17,20,22,24,27-42H2,1-3H3/b10-7-,12-9-,16-13-,21-19-,25-23-,26-18-. The van der Waals surface area contributed by atoms with Gasteiger partial charge in [-0.2, -0.15) is 0 Å². The van der Waals surface area contributed by atoms with Gasteiger partial charge in [-0.3, -0.25) is 14.4 Å². The second-order valence-corrected chi connectivity index (χ2v) is 13.6. The highest BCUT2D eigenvalue weighted by molar-refractivity contribution is 5.71. The third-order valence-electron chi connectivity index (χ3n) is 8.55. The summed E-state index contributed by atoms with van der Waals surface area (Å²) in [5, 5.41) is 0. The summed E-state index contributed by atoms with van der Waals surface area (Å²) in [5.74, 6) is -0.987. The molecule has 0 aliphatic carbocycles. The summed E-state index contributed by atoms with van der Waals surface area (Å²) in [5.41, 5.74) is 0. The molecule has 0 N–H and O–H groups in total. The third kappa shape index (κ3) is 38.1. The lowest BCUT2D eigenvalue weighted by Crippen LogP contribution is -2.30. The van der Waals surface area contributed by atoms with Gasteiger partial charge in [0.05, 0.1) is 0 Å². The highest BCUT2D eigenvalue weighted by atomic mass is 16.6. The molecular weight excluding hydrogens is 648 g/mol. The van der Waals surface area contributed by atoms with Gasteiger partial charge in [-0.25, -0.2) is 0 Å². The number of carbonyl (C=O) groups is 3. The SMILES string of the molecule is CC\C=C/C=C\C=C/C=C\CCCCCC(=O)OCC(COC(=O)CCCC/C=C\C/C=C\CC)OC(=O)CCCCCCCCCCCCCC. The molecule has 6 nitrogen and oxygen atoms in total. The van der Waals surface area contributed by atoms with Gasteiger partial charge in [-0.1, -0.05) is 171 Å². The summed E-state index contributed by atoms with van der Waals surface area (Å²) in [4.78, 5) is 37.5. The van der Waals surface area contributed by atoms with Crippen LogP contribution in [0.25, 0.3) is 0 Å². The normalized spacial score (nSPS) is 12.8. The number of ether oxygens (including phenoxy) is 3. The van der Waals surface area contributed by atoms with E-state index in [1.54, 1.807) is 0 Å². The van der Waals surface area contributed by atoms with Crippen molar-refractivity contribution in [1.29, 1.82) is 0 Å². The molecule has 0 aliphatic rings. The minimum absolute atomic E-state index is 0.105. The Hall–Kier alpha value is -3.15. The molecule has 0 aromatic carbocycles. The van der Waals surface area contributed by atoms with Crippen molar-refractivity contribution in [1.82, 2.24) is 0 Å². The molecule has 0 aromatic heterocycles. The maximum Gasteiger partial charge on any atom is 0.306 e. The molecule has 1 unspecified atom stereocenters. The zero-order valence-electron chi connectivity index (χ0n) is 33.5. The van der Waals surface area contributed by atoms with Gasteiger partial charge in [0.15, 0.2) is 6.10 Å². The predicted molar refractivity (Wildman–Crippen MR) is 219 cm³/mol. The summed E-state index contributed by atoms with van der Waals surface area (Å²) in [7, 11) is 0. The summed E-state index contributed by atoms with van der Waals surface area (Å²) >= 11 is 0. The van der Waals surface area contributed by atoms with E-state index in [1.807, 2.05) is 36.5 Å². The van der Waals surface area contributed by atoms with Gasteiger partial charge in [-0.05, 0) is 64.2 Å². The lowest BCUT2D eigenvalue weighted by Gasteiger charge is -2.18. The smallest absolute Gasteiger partial charge is 0.306 e. The topological polar surface area (TPSA) is 78.9 Å². The molecule has 1 atom stereocenters. The van der Waals surface area contributed by atoms with Crippen molar-refractivity contribution < 1.29 is 28.6 Å². The lowest BCUT2D eigenvalue weighted by molar-refractivity contribution is -0.167. The first-order chi connectivity index (χ1) is 25.5. The summed E-state index contributed by atoms with van der Waals surface area (Å²) < 4.78 is 16.6. The molecule has 0 bridgehead atoms. The van der Waals surface area contributed by atoms with E-state index in [2.05, 4.69) is 57.2 Å². The zero-order chi connectivity index (χ0) is 38.0. The molecule has 296 valence electrons. The fourth-order valence-electron chi connectivity index (χ4n) is 5.43. The van der Waals surface area contributed by atoms with E-state index in [0.717, 1.165) is 83.5 Å². The second-order valence-electron chi connectivity index (χ2n) is 13.6. The van der Waals surface area contributed by atoms with E-state index in [-0.39, 0.29) is 31.1 Å². The molecule has 0 spiro atoms. The number of rotatable bonds is 36. The molecule has 0 saturated heterocycles. The second kappa shape index (κ2) is 40.6. The Morgan fingerprint density at radius 3 is 1.42 bits per heavy atom. The Labute approximate surface area is 319 Å². The van der Waals surface area contributed by atoms with Gasteiger partial charge in [0.2, 0.25) is 0 Å². The van der Waals surface area contributed by atoms with Crippen LogP contribution in [0.2, 0.25) is 0 Å². The van der Waals surface area contributed by atoms with E-state index in [0.29, 0.717) is 19.3 Å². The molecule has 0 saturated carbocycles. The average Bonchev–Trinajstić information content (AvgIpc) is 3.14. The molecule has 0 amide bonds. The Kier molecular flexibility index (Phi) is 38.2. The van der Waals surface area contributed by atoms with Crippen LogP contribution in [0.15, 0.2) is 72.9 Å². The summed E-state index contributed by atoms with van der Waals surface area (Å²) in [6.45, 7) is 6.27. The molecule has 6 heteroatoms. The highest BCUT2D eigenvalue weighted by Crippen LogP contribution is 2.14. The first-order valence-corrected chi connectivity index (χ1v) is 21.0. The van der Waals surface area contributed by atoms with Crippen molar-refractivity contribution in [3.8, 4) is 0 Å². The van der Waals surface area contributed by atoms with Crippen LogP contribution in [0.4, 0.5) is 0 Å². The monoisotopic (exact) mass is 725 g/mol. The summed E-state index contributed by atoms with van der Waals surface area (Å²) in [6.07, 6.45) is 49.0. The van der Waals surface area contributed by atoms with Crippen LogP contribution >= 0.6 is 0 Å². The van der Waals surface area contributed by atoms with Gasteiger partial charge >= 0.3 is 17.9 Å². The average molecular weight is 725 g/mol. The maximum atomic E-state index is 12.7. The Morgan fingerprint density at radius 1 is 0.423 bits per heavy atom. The van der Waals surface area contributed by atoms with Crippen LogP contribution in [0.1, 0.15) is 181 Å². The van der Waals surface area contributed by atoms with Gasteiger partial charge in [0, 0.05) is 19.3 Å². The fraction of sp³-hybridized carbons (Fsp3) is 0.674. The number of esters is 3. The van der Waals surface area contributed by atoms with Crippen molar-refractivity contribution in [3.63, 3.8) is 0 Å². The molecule has 0 rings (SSSR count). The third-order valence-corrected chi connectivity index (χ3v) is 8.55. The van der Waals surface area contributed by atoms with E-state index in [4.69, 9.17) is 14.2 Å². The minimum Gasteiger partial charge on any atom is -0.462 e. The van der Waals surface area contributed by atoms with Crippen LogP contribution in [-0.2, 0) is 28.6 Å². The molecule has 0 heterocycles. The van der Waals surface area contributed by atoms with Crippen molar-refractivity contribution >= 4 is 17.9 Å². The molecule has 0 aliphatic heterocycles. The fourth-order valence-corrected chi connectivity index (χ4v) is 5.43. The number of hydrogen-bond acceptors (Lipinski definition) is 6. The maximum absolute atomic E-state index is 12.7. The molecule has 0 aromatic rings. The Morgan fingerprint density at radius 2 is 0.846 bits per heavy atom. The van der Waals surface area contributed by atoms with Crippen LogP contribution in [0.3, 0.4) is 0 Å². The van der Waals surface area contributed by atoms with Crippen molar-refractivity contribution in [2.75, 3.05) is 13.2 Å². The molecule has 52 heavy (non-hydrogen) atoms. The van der Waals surface area contributed by atoms with E-state index >= 15 is 0 Å². The number of unbranched alkanes of at least 4 members (excludes halogenated alkanes) is 16. The van der Waals surface area contributed by atoms with Gasteiger partial charge < -0.3 is 14.2 Å². The largest absolute Gasteiger partial charge is 0.462 e. The predicted octanol–water partition coefficient (Wildman–Crippen LogP) is 13.1.